The van der Waals surface area contributed by atoms with Crippen molar-refractivity contribution in [1.29, 1.82) is 0 Å². The summed E-state index contributed by atoms with van der Waals surface area (Å²) in [5.74, 6) is 0.598. The number of ether oxygens (including phenoxy) is 2. The molecule has 0 aromatic heterocycles. The standard InChI is InChI=1S/C15H27NO4/c1-10(2)5-7-12(8-6-11(3)4)16-15(18)20-14(17)13-9-19-13/h10-13H,5-9H2,1-4H3,(H,16,18). The van der Waals surface area contributed by atoms with Crippen LogP contribution < -0.4 is 5.32 Å². The quantitative estimate of drug-likeness (QED) is 0.423. The highest BCUT2D eigenvalue weighted by Crippen LogP contribution is 2.15. The summed E-state index contributed by atoms with van der Waals surface area (Å²) in [6, 6.07) is 0.0696. The summed E-state index contributed by atoms with van der Waals surface area (Å²) in [6.07, 6.45) is 2.72. The zero-order valence-electron chi connectivity index (χ0n) is 13.0. The van der Waals surface area contributed by atoms with Gasteiger partial charge < -0.3 is 14.8 Å². The third kappa shape index (κ3) is 7.48. The Bertz CT molecular complexity index is 312. The van der Waals surface area contributed by atoms with Crippen molar-refractivity contribution in [2.75, 3.05) is 6.61 Å². The van der Waals surface area contributed by atoms with E-state index in [1.54, 1.807) is 0 Å². The van der Waals surface area contributed by atoms with Crippen LogP contribution in [0.3, 0.4) is 0 Å². The Morgan fingerprint density at radius 3 is 2.00 bits per heavy atom. The maximum absolute atomic E-state index is 11.7. The monoisotopic (exact) mass is 285 g/mol. The number of carbonyl (C=O) groups excluding carboxylic acids is 2. The van der Waals surface area contributed by atoms with E-state index in [0.717, 1.165) is 25.7 Å². The molecular formula is C15H27NO4. The van der Waals surface area contributed by atoms with Gasteiger partial charge in [0.2, 0.25) is 0 Å². The summed E-state index contributed by atoms with van der Waals surface area (Å²) in [4.78, 5) is 23.0. The molecule has 0 bridgehead atoms. The first kappa shape index (κ1) is 17.0. The van der Waals surface area contributed by atoms with Crippen molar-refractivity contribution < 1.29 is 19.1 Å². The van der Waals surface area contributed by atoms with E-state index in [1.165, 1.54) is 0 Å². The third-order valence-corrected chi connectivity index (χ3v) is 3.30. The molecule has 1 unspecified atom stereocenters. The van der Waals surface area contributed by atoms with Gasteiger partial charge in [0.1, 0.15) is 0 Å². The van der Waals surface area contributed by atoms with Crippen LogP contribution in [0.15, 0.2) is 0 Å². The molecule has 1 aliphatic rings. The number of alkyl carbamates (subject to hydrolysis) is 1. The number of hydrogen-bond acceptors (Lipinski definition) is 4. The maximum Gasteiger partial charge on any atom is 0.415 e. The van der Waals surface area contributed by atoms with Crippen LogP contribution in [0.5, 0.6) is 0 Å². The van der Waals surface area contributed by atoms with Crippen molar-refractivity contribution in [2.45, 2.75) is 65.5 Å². The smallest absolute Gasteiger partial charge is 0.374 e. The highest BCUT2D eigenvalue weighted by Gasteiger charge is 2.34. The van der Waals surface area contributed by atoms with Crippen LogP contribution in [-0.4, -0.2) is 30.8 Å². The fraction of sp³-hybridized carbons (Fsp3) is 0.867. The second-order valence-corrected chi connectivity index (χ2v) is 6.31. The molecule has 20 heavy (non-hydrogen) atoms. The molecule has 1 rings (SSSR count). The molecule has 5 nitrogen and oxygen atoms in total. The van der Waals surface area contributed by atoms with Crippen LogP contribution in [0, 0.1) is 11.8 Å². The Kier molecular flexibility index (Phi) is 6.99. The van der Waals surface area contributed by atoms with Gasteiger partial charge >= 0.3 is 12.1 Å². The molecule has 0 aliphatic carbocycles. The van der Waals surface area contributed by atoms with E-state index >= 15 is 0 Å². The summed E-state index contributed by atoms with van der Waals surface area (Å²) in [7, 11) is 0. The number of hydrogen-bond donors (Lipinski definition) is 1. The average molecular weight is 285 g/mol. The molecule has 116 valence electrons. The SMILES string of the molecule is CC(C)CCC(CCC(C)C)NC(=O)OC(=O)C1CO1. The van der Waals surface area contributed by atoms with Crippen LogP contribution in [0.1, 0.15) is 53.4 Å². The molecule has 1 fully saturated rings. The minimum absolute atomic E-state index is 0.0696. The molecule has 1 atom stereocenters. The van der Waals surface area contributed by atoms with Crippen molar-refractivity contribution in [3.05, 3.63) is 0 Å². The van der Waals surface area contributed by atoms with Crippen molar-refractivity contribution in [3.63, 3.8) is 0 Å². The maximum atomic E-state index is 11.7. The predicted molar refractivity (Wildman–Crippen MR) is 76.3 cm³/mol. The zero-order chi connectivity index (χ0) is 15.1. The molecule has 0 spiro atoms. The zero-order valence-corrected chi connectivity index (χ0v) is 13.0. The number of epoxide rings is 1. The fourth-order valence-electron chi connectivity index (χ4n) is 1.90. The highest BCUT2D eigenvalue weighted by atomic mass is 16.6. The number of esters is 1. The van der Waals surface area contributed by atoms with Gasteiger partial charge in [0.05, 0.1) is 6.61 Å². The van der Waals surface area contributed by atoms with Crippen LogP contribution in [-0.2, 0) is 14.3 Å². The van der Waals surface area contributed by atoms with Crippen LogP contribution in [0.4, 0.5) is 4.79 Å². The van der Waals surface area contributed by atoms with Crippen molar-refractivity contribution >= 4 is 12.1 Å². The summed E-state index contributed by atoms with van der Waals surface area (Å²) < 4.78 is 9.48. The topological polar surface area (TPSA) is 67.9 Å². The van der Waals surface area contributed by atoms with Crippen LogP contribution in [0.25, 0.3) is 0 Å². The number of rotatable bonds is 8. The molecule has 1 N–H and O–H groups in total. The average Bonchev–Trinajstić information content (AvgIpc) is 3.16. The van der Waals surface area contributed by atoms with E-state index in [9.17, 15) is 9.59 Å². The van der Waals surface area contributed by atoms with Crippen LogP contribution >= 0.6 is 0 Å². The summed E-state index contributed by atoms with van der Waals surface area (Å²) in [5, 5.41) is 2.80. The second-order valence-electron chi connectivity index (χ2n) is 6.31. The number of nitrogens with one attached hydrogen (secondary N) is 1. The number of amides is 1. The Morgan fingerprint density at radius 1 is 1.10 bits per heavy atom. The lowest BCUT2D eigenvalue weighted by Gasteiger charge is -2.20. The molecule has 5 heteroatoms. The van der Waals surface area contributed by atoms with E-state index in [-0.39, 0.29) is 6.04 Å². The minimum atomic E-state index is -0.650. The Hall–Kier alpha value is -1.10. The predicted octanol–water partition coefficient (Wildman–Crippen LogP) is 2.88. The first-order valence-electron chi connectivity index (χ1n) is 7.52. The minimum Gasteiger partial charge on any atom is -0.374 e. The van der Waals surface area contributed by atoms with Crippen molar-refractivity contribution in [2.24, 2.45) is 11.8 Å². The normalized spacial score (nSPS) is 17.6. The Balaban J connectivity index is 2.35. The molecule has 0 aromatic carbocycles. The molecule has 1 heterocycles. The van der Waals surface area contributed by atoms with Crippen molar-refractivity contribution in [3.8, 4) is 0 Å². The van der Waals surface area contributed by atoms with Gasteiger partial charge in [0, 0.05) is 6.04 Å². The lowest BCUT2D eigenvalue weighted by Crippen LogP contribution is -2.37. The largest absolute Gasteiger partial charge is 0.415 e. The van der Waals surface area contributed by atoms with E-state index < -0.39 is 18.2 Å². The van der Waals surface area contributed by atoms with E-state index in [2.05, 4.69) is 33.0 Å². The van der Waals surface area contributed by atoms with Gasteiger partial charge in [-0.1, -0.05) is 27.7 Å². The van der Waals surface area contributed by atoms with Crippen molar-refractivity contribution in [1.82, 2.24) is 5.32 Å². The Labute approximate surface area is 121 Å². The van der Waals surface area contributed by atoms with Gasteiger partial charge in [-0.05, 0) is 37.5 Å². The molecule has 0 aromatic rings. The molecule has 1 saturated heterocycles. The molecule has 0 radical (unpaired) electrons. The van der Waals surface area contributed by atoms with E-state index in [0.29, 0.717) is 18.4 Å². The van der Waals surface area contributed by atoms with Gasteiger partial charge in [-0.3, -0.25) is 0 Å². The molecule has 0 saturated carbocycles. The number of carbonyl (C=O) groups is 2. The van der Waals surface area contributed by atoms with Crippen LogP contribution in [0.2, 0.25) is 0 Å². The lowest BCUT2D eigenvalue weighted by atomic mass is 9.97. The molecule has 1 aliphatic heterocycles. The van der Waals surface area contributed by atoms with Gasteiger partial charge in [0.15, 0.2) is 6.10 Å². The molecular weight excluding hydrogens is 258 g/mol. The highest BCUT2D eigenvalue weighted by molar-refractivity contribution is 5.88. The first-order valence-corrected chi connectivity index (χ1v) is 7.52. The third-order valence-electron chi connectivity index (χ3n) is 3.30. The van der Waals surface area contributed by atoms with Gasteiger partial charge in [0.25, 0.3) is 0 Å². The summed E-state index contributed by atoms with van der Waals surface area (Å²) in [5.41, 5.74) is 0. The molecule has 1 amide bonds. The lowest BCUT2D eigenvalue weighted by molar-refractivity contribution is -0.138. The summed E-state index contributed by atoms with van der Waals surface area (Å²) in [6.45, 7) is 8.99. The van der Waals surface area contributed by atoms with E-state index in [4.69, 9.17) is 9.47 Å². The first-order chi connectivity index (χ1) is 9.38. The Morgan fingerprint density at radius 2 is 1.60 bits per heavy atom. The van der Waals surface area contributed by atoms with E-state index in [1.807, 2.05) is 0 Å². The fourth-order valence-corrected chi connectivity index (χ4v) is 1.90. The second kappa shape index (κ2) is 8.25. The van der Waals surface area contributed by atoms with Gasteiger partial charge in [-0.2, -0.15) is 0 Å². The summed E-state index contributed by atoms with van der Waals surface area (Å²) >= 11 is 0. The van der Waals surface area contributed by atoms with Gasteiger partial charge in [-0.25, -0.2) is 9.59 Å². The van der Waals surface area contributed by atoms with Gasteiger partial charge in [-0.15, -0.1) is 0 Å².